The van der Waals surface area contributed by atoms with E-state index in [1.807, 2.05) is 19.9 Å². The summed E-state index contributed by atoms with van der Waals surface area (Å²) in [4.78, 5) is 0. The highest BCUT2D eigenvalue weighted by molar-refractivity contribution is 9.10. The zero-order valence-corrected chi connectivity index (χ0v) is 7.60. The van der Waals surface area contributed by atoms with Crippen molar-refractivity contribution in [2.24, 2.45) is 5.73 Å². The molecule has 1 aromatic rings. The van der Waals surface area contributed by atoms with Gasteiger partial charge in [0.2, 0.25) is 0 Å². The Morgan fingerprint density at radius 2 is 2.30 bits per heavy atom. The Labute approximate surface area is 68.5 Å². The molecule has 56 valence electrons. The Balaban J connectivity index is 3.03. The van der Waals surface area contributed by atoms with Crippen LogP contribution < -0.4 is 5.73 Å². The zero-order valence-electron chi connectivity index (χ0n) is 6.02. The van der Waals surface area contributed by atoms with Gasteiger partial charge in [0.1, 0.15) is 5.76 Å². The molecule has 0 saturated heterocycles. The second-order valence-electron chi connectivity index (χ2n) is 2.39. The topological polar surface area (TPSA) is 39.2 Å². The van der Waals surface area contributed by atoms with E-state index in [-0.39, 0.29) is 6.04 Å². The van der Waals surface area contributed by atoms with Gasteiger partial charge in [-0.3, -0.25) is 0 Å². The van der Waals surface area contributed by atoms with Crippen molar-refractivity contribution in [3.8, 4) is 0 Å². The normalized spacial score (nSPS) is 13.6. The fraction of sp³-hybridized carbons (Fsp3) is 0.429. The minimum atomic E-state index is -0.0219. The van der Waals surface area contributed by atoms with Gasteiger partial charge in [0.05, 0.1) is 6.04 Å². The molecule has 1 heterocycles. The van der Waals surface area contributed by atoms with Crippen molar-refractivity contribution in [2.75, 3.05) is 0 Å². The second kappa shape index (κ2) is 2.76. The maximum atomic E-state index is 5.61. The Kier molecular flexibility index (Phi) is 2.16. The quantitative estimate of drug-likeness (QED) is 0.762. The summed E-state index contributed by atoms with van der Waals surface area (Å²) in [5, 5.41) is 0. The molecule has 3 heteroatoms. The highest BCUT2D eigenvalue weighted by Crippen LogP contribution is 2.23. The molecular formula is C7H10BrNO. The second-order valence-corrected chi connectivity index (χ2v) is 3.17. The van der Waals surface area contributed by atoms with E-state index in [9.17, 15) is 0 Å². The molecule has 1 atom stereocenters. The Morgan fingerprint density at radius 3 is 2.50 bits per heavy atom. The molecule has 0 fully saturated rings. The van der Waals surface area contributed by atoms with E-state index < -0.39 is 0 Å². The van der Waals surface area contributed by atoms with Crippen LogP contribution in [0.4, 0.5) is 0 Å². The molecule has 0 aromatic carbocycles. The van der Waals surface area contributed by atoms with Crippen LogP contribution in [0.2, 0.25) is 0 Å². The molecule has 1 aromatic heterocycles. The summed E-state index contributed by atoms with van der Waals surface area (Å²) in [5.74, 6) is 0.854. The lowest BCUT2D eigenvalue weighted by Gasteiger charge is -1.99. The van der Waals surface area contributed by atoms with Crippen molar-refractivity contribution in [3.05, 3.63) is 22.1 Å². The molecule has 0 spiro atoms. The van der Waals surface area contributed by atoms with Crippen LogP contribution in [0.5, 0.6) is 0 Å². The zero-order chi connectivity index (χ0) is 7.72. The molecule has 0 aliphatic heterocycles. The first kappa shape index (κ1) is 7.82. The number of rotatable bonds is 1. The van der Waals surface area contributed by atoms with Gasteiger partial charge in [-0.15, -0.1) is 0 Å². The number of furan rings is 1. The summed E-state index contributed by atoms with van der Waals surface area (Å²) in [7, 11) is 0. The van der Waals surface area contributed by atoms with E-state index in [2.05, 4.69) is 15.9 Å². The molecular weight excluding hydrogens is 194 g/mol. The van der Waals surface area contributed by atoms with Crippen LogP contribution in [0.15, 0.2) is 15.2 Å². The predicted octanol–water partition coefficient (Wildman–Crippen LogP) is 2.37. The third-order valence-electron chi connectivity index (χ3n) is 1.34. The molecule has 0 aliphatic carbocycles. The maximum Gasteiger partial charge on any atom is 0.169 e. The number of hydrogen-bond donors (Lipinski definition) is 1. The fourth-order valence-electron chi connectivity index (χ4n) is 0.908. The van der Waals surface area contributed by atoms with Crippen molar-refractivity contribution in [1.29, 1.82) is 0 Å². The average Bonchev–Trinajstić information content (AvgIpc) is 2.10. The molecule has 1 rings (SSSR count). The van der Waals surface area contributed by atoms with Crippen LogP contribution in [-0.4, -0.2) is 0 Å². The van der Waals surface area contributed by atoms with E-state index in [0.717, 1.165) is 16.0 Å². The minimum absolute atomic E-state index is 0.0219. The molecule has 0 bridgehead atoms. The van der Waals surface area contributed by atoms with E-state index in [1.54, 1.807) is 0 Å². The minimum Gasteiger partial charge on any atom is -0.452 e. The van der Waals surface area contributed by atoms with Crippen molar-refractivity contribution in [3.63, 3.8) is 0 Å². The molecule has 10 heavy (non-hydrogen) atoms. The summed E-state index contributed by atoms with van der Waals surface area (Å²) < 4.78 is 6.01. The largest absolute Gasteiger partial charge is 0.452 e. The van der Waals surface area contributed by atoms with Crippen LogP contribution in [0.25, 0.3) is 0 Å². The molecule has 0 amide bonds. The van der Waals surface area contributed by atoms with Gasteiger partial charge in [-0.2, -0.15) is 0 Å². The van der Waals surface area contributed by atoms with Crippen LogP contribution >= 0.6 is 15.9 Å². The smallest absolute Gasteiger partial charge is 0.169 e. The first-order valence-electron chi connectivity index (χ1n) is 3.12. The average molecular weight is 204 g/mol. The summed E-state index contributed by atoms with van der Waals surface area (Å²) in [6.07, 6.45) is 0. The number of aryl methyl sites for hydroxylation is 1. The molecule has 2 nitrogen and oxygen atoms in total. The van der Waals surface area contributed by atoms with Gasteiger partial charge in [0.15, 0.2) is 4.67 Å². The van der Waals surface area contributed by atoms with Crippen molar-refractivity contribution in [1.82, 2.24) is 0 Å². The van der Waals surface area contributed by atoms with E-state index in [0.29, 0.717) is 0 Å². The highest BCUT2D eigenvalue weighted by Gasteiger charge is 2.08. The molecule has 2 N–H and O–H groups in total. The fourth-order valence-corrected chi connectivity index (χ4v) is 1.43. The van der Waals surface area contributed by atoms with Gasteiger partial charge in [-0.25, -0.2) is 0 Å². The number of hydrogen-bond acceptors (Lipinski definition) is 2. The standard InChI is InChI=1S/C7H10BrNO/c1-4-3-6(8)10-7(4)5(2)9/h3,5H,9H2,1-2H3/t5-/m0/s1. The SMILES string of the molecule is Cc1cc(Br)oc1[C@H](C)N. The lowest BCUT2D eigenvalue weighted by atomic mass is 10.2. The Bertz CT molecular complexity index is 230. The summed E-state index contributed by atoms with van der Waals surface area (Å²) in [5.41, 5.74) is 6.71. The lowest BCUT2D eigenvalue weighted by molar-refractivity contribution is 0.458. The summed E-state index contributed by atoms with van der Waals surface area (Å²) in [6, 6.07) is 1.89. The van der Waals surface area contributed by atoms with Crippen LogP contribution in [0.3, 0.4) is 0 Å². The van der Waals surface area contributed by atoms with E-state index >= 15 is 0 Å². The molecule has 0 radical (unpaired) electrons. The van der Waals surface area contributed by atoms with Gasteiger partial charge in [0.25, 0.3) is 0 Å². The third-order valence-corrected chi connectivity index (χ3v) is 1.73. The third kappa shape index (κ3) is 1.41. The van der Waals surface area contributed by atoms with Crippen molar-refractivity contribution in [2.45, 2.75) is 19.9 Å². The van der Waals surface area contributed by atoms with Gasteiger partial charge >= 0.3 is 0 Å². The maximum absolute atomic E-state index is 5.61. The molecule has 0 unspecified atom stereocenters. The molecule has 0 aliphatic rings. The van der Waals surface area contributed by atoms with Crippen molar-refractivity contribution < 1.29 is 4.42 Å². The summed E-state index contributed by atoms with van der Waals surface area (Å²) in [6.45, 7) is 3.88. The van der Waals surface area contributed by atoms with Crippen LogP contribution in [-0.2, 0) is 0 Å². The van der Waals surface area contributed by atoms with Crippen LogP contribution in [0.1, 0.15) is 24.3 Å². The molecule has 0 saturated carbocycles. The predicted molar refractivity (Wildman–Crippen MR) is 43.7 cm³/mol. The summed E-state index contributed by atoms with van der Waals surface area (Å²) >= 11 is 3.23. The number of nitrogens with two attached hydrogens (primary N) is 1. The highest BCUT2D eigenvalue weighted by atomic mass is 79.9. The Hall–Kier alpha value is -0.280. The van der Waals surface area contributed by atoms with Gasteiger partial charge in [-0.1, -0.05) is 0 Å². The van der Waals surface area contributed by atoms with Gasteiger partial charge in [-0.05, 0) is 41.4 Å². The number of halogens is 1. The van der Waals surface area contributed by atoms with E-state index in [4.69, 9.17) is 10.2 Å². The first-order valence-corrected chi connectivity index (χ1v) is 3.92. The van der Waals surface area contributed by atoms with Crippen LogP contribution in [0, 0.1) is 6.92 Å². The van der Waals surface area contributed by atoms with Crippen molar-refractivity contribution >= 4 is 15.9 Å². The monoisotopic (exact) mass is 203 g/mol. The first-order chi connectivity index (χ1) is 4.61. The van der Waals surface area contributed by atoms with E-state index in [1.165, 1.54) is 0 Å². The van der Waals surface area contributed by atoms with Gasteiger partial charge < -0.3 is 10.2 Å². The lowest BCUT2D eigenvalue weighted by Crippen LogP contribution is -2.04. The van der Waals surface area contributed by atoms with Gasteiger partial charge in [0, 0.05) is 0 Å². The Morgan fingerprint density at radius 1 is 1.70 bits per heavy atom.